The van der Waals surface area contributed by atoms with Gasteiger partial charge in [0.05, 0.1) is 24.0 Å². The largest absolute Gasteiger partial charge is 0.497 e. The standard InChI is InChI=1S/C23H22N2O5S3/c1-24-22-19(33-23(24)31)14(9-3-5-10(30-2)6-4-9)15-11-7-12(18(15)32-22)17-16(11)20(28)25(21(17)29)8-13(26)27/h3-6,11-12,14-18H,7-8H2,1-2H3,(H,26,27)/t11-,12+,14+,15+,16+,17+,18-/m0/s1. The number of nitrogens with zero attached hydrogens (tertiary/aromatic N) is 2. The average Bonchev–Trinajstić information content (AvgIpc) is 3.50. The van der Waals surface area contributed by atoms with Crippen LogP contribution in [0.1, 0.15) is 22.8 Å². The van der Waals surface area contributed by atoms with Crippen molar-refractivity contribution in [3.63, 3.8) is 0 Å². The first-order chi connectivity index (χ1) is 15.8. The van der Waals surface area contributed by atoms with E-state index in [1.165, 1.54) is 4.88 Å². The van der Waals surface area contributed by atoms with Crippen molar-refractivity contribution in [2.24, 2.45) is 36.6 Å². The van der Waals surface area contributed by atoms with Crippen LogP contribution in [0.25, 0.3) is 0 Å². The fraction of sp³-hybridized carbons (Fsp3) is 0.478. The van der Waals surface area contributed by atoms with E-state index in [0.717, 1.165) is 31.6 Å². The molecule has 1 N–H and O–H groups in total. The molecule has 2 amide bonds. The third-order valence-corrected chi connectivity index (χ3v) is 11.3. The molecule has 2 bridgehead atoms. The fourth-order valence-electron chi connectivity index (χ4n) is 6.72. The molecule has 6 rings (SSSR count). The molecule has 2 aromatic rings. The van der Waals surface area contributed by atoms with Gasteiger partial charge in [-0.1, -0.05) is 12.1 Å². The highest BCUT2D eigenvalue weighted by molar-refractivity contribution is 8.00. The minimum atomic E-state index is -1.15. The number of aliphatic carboxylic acids is 1. The molecule has 1 aromatic heterocycles. The second kappa shape index (κ2) is 7.41. The lowest BCUT2D eigenvalue weighted by atomic mass is 9.68. The number of thiazole rings is 1. The first-order valence-electron chi connectivity index (χ1n) is 10.9. The molecule has 3 heterocycles. The van der Waals surface area contributed by atoms with E-state index in [-0.39, 0.29) is 40.7 Å². The third-order valence-electron chi connectivity index (χ3n) is 7.92. The molecule has 172 valence electrons. The average molecular weight is 503 g/mol. The van der Waals surface area contributed by atoms with Crippen LogP contribution in [0.4, 0.5) is 0 Å². The van der Waals surface area contributed by atoms with E-state index in [4.69, 9.17) is 17.0 Å². The van der Waals surface area contributed by atoms with E-state index in [0.29, 0.717) is 0 Å². The van der Waals surface area contributed by atoms with E-state index < -0.39 is 24.3 Å². The van der Waals surface area contributed by atoms with Gasteiger partial charge in [0.1, 0.15) is 12.3 Å². The molecule has 4 aliphatic rings. The van der Waals surface area contributed by atoms with Crippen molar-refractivity contribution in [1.82, 2.24) is 9.47 Å². The van der Waals surface area contributed by atoms with Crippen LogP contribution in [-0.2, 0) is 21.4 Å². The molecule has 2 aliphatic carbocycles. The number of carboxylic acids is 1. The molecular formula is C23H22N2O5S3. The van der Waals surface area contributed by atoms with Gasteiger partial charge in [0.2, 0.25) is 11.8 Å². The van der Waals surface area contributed by atoms with Crippen LogP contribution in [0.2, 0.25) is 0 Å². The molecular weight excluding hydrogens is 480 g/mol. The zero-order chi connectivity index (χ0) is 23.2. The van der Waals surface area contributed by atoms with E-state index in [1.807, 2.05) is 19.2 Å². The number of carbonyl (C=O) groups is 3. The monoisotopic (exact) mass is 502 g/mol. The highest BCUT2D eigenvalue weighted by atomic mass is 32.2. The number of amides is 2. The Morgan fingerprint density at radius 1 is 1.18 bits per heavy atom. The summed E-state index contributed by atoms with van der Waals surface area (Å²) < 4.78 is 8.24. The summed E-state index contributed by atoms with van der Waals surface area (Å²) in [4.78, 5) is 39.9. The molecule has 1 saturated heterocycles. The molecule has 7 nitrogen and oxygen atoms in total. The van der Waals surface area contributed by atoms with Crippen molar-refractivity contribution in [3.05, 3.63) is 38.7 Å². The molecule has 2 aliphatic heterocycles. The van der Waals surface area contributed by atoms with Gasteiger partial charge < -0.3 is 14.4 Å². The van der Waals surface area contributed by atoms with E-state index in [2.05, 4.69) is 16.7 Å². The number of carbonyl (C=O) groups excluding carboxylic acids is 2. The van der Waals surface area contributed by atoms with Gasteiger partial charge >= 0.3 is 5.97 Å². The van der Waals surface area contributed by atoms with Crippen molar-refractivity contribution in [3.8, 4) is 5.75 Å². The molecule has 7 atom stereocenters. The highest BCUT2D eigenvalue weighted by Gasteiger charge is 2.69. The van der Waals surface area contributed by atoms with Crippen LogP contribution in [0.15, 0.2) is 29.3 Å². The maximum absolute atomic E-state index is 13.2. The van der Waals surface area contributed by atoms with Crippen LogP contribution < -0.4 is 4.74 Å². The lowest BCUT2D eigenvalue weighted by Crippen LogP contribution is -2.43. The highest BCUT2D eigenvalue weighted by Crippen LogP contribution is 2.69. The zero-order valence-electron chi connectivity index (χ0n) is 18.0. The number of methoxy groups -OCH3 is 1. The Labute approximate surface area is 203 Å². The lowest BCUT2D eigenvalue weighted by Gasteiger charge is -2.43. The minimum Gasteiger partial charge on any atom is -0.497 e. The SMILES string of the molecule is COc1ccc([C@H]2c3sc(=S)n(C)c3S[C@H]3[C@@H]4C[C@H]([C@H]5C(=O)N(CC(=O)O)C(=O)[C@H]45)[C@H]23)cc1. The fourth-order valence-corrected chi connectivity index (χ4v) is 10.2. The number of hydrogen-bond acceptors (Lipinski definition) is 7. The minimum absolute atomic E-state index is 0.0500. The number of imide groups is 1. The van der Waals surface area contributed by atoms with Crippen LogP contribution >= 0.6 is 35.3 Å². The first-order valence-corrected chi connectivity index (χ1v) is 13.0. The number of fused-ring (bicyclic) bond motifs is 9. The summed E-state index contributed by atoms with van der Waals surface area (Å²) in [6.07, 6.45) is 0.835. The predicted molar refractivity (Wildman–Crippen MR) is 125 cm³/mol. The quantitative estimate of drug-likeness (QED) is 0.506. The van der Waals surface area contributed by atoms with Crippen molar-refractivity contribution in [2.75, 3.05) is 13.7 Å². The molecule has 0 unspecified atom stereocenters. The second-order valence-corrected chi connectivity index (χ2v) is 12.1. The summed E-state index contributed by atoms with van der Waals surface area (Å²) in [5.41, 5.74) is 1.16. The summed E-state index contributed by atoms with van der Waals surface area (Å²) in [7, 11) is 3.63. The Bertz CT molecular complexity index is 1250. The molecule has 1 aromatic carbocycles. The number of hydrogen-bond donors (Lipinski definition) is 1. The normalized spacial score (nSPS) is 33.8. The number of rotatable bonds is 4. The molecule has 0 spiro atoms. The van der Waals surface area contributed by atoms with Crippen LogP contribution in [0, 0.1) is 33.5 Å². The van der Waals surface area contributed by atoms with Crippen molar-refractivity contribution >= 4 is 53.1 Å². The van der Waals surface area contributed by atoms with E-state index in [1.54, 1.807) is 30.2 Å². The molecule has 10 heteroatoms. The Balaban J connectivity index is 1.46. The van der Waals surface area contributed by atoms with Gasteiger partial charge in [-0.3, -0.25) is 19.3 Å². The number of thioether (sulfide) groups is 1. The van der Waals surface area contributed by atoms with Crippen molar-refractivity contribution in [1.29, 1.82) is 0 Å². The molecule has 0 radical (unpaired) electrons. The Morgan fingerprint density at radius 2 is 1.85 bits per heavy atom. The second-order valence-electron chi connectivity index (χ2n) is 9.28. The summed E-state index contributed by atoms with van der Waals surface area (Å²) in [6, 6.07) is 8.10. The summed E-state index contributed by atoms with van der Waals surface area (Å²) in [5.74, 6) is -1.40. The number of aromatic nitrogens is 1. The number of benzene rings is 1. The number of likely N-dealkylation sites (tertiary alicyclic amines) is 1. The Morgan fingerprint density at radius 3 is 2.48 bits per heavy atom. The number of ether oxygens (including phenoxy) is 1. The third kappa shape index (κ3) is 2.86. The predicted octanol–water partition coefficient (Wildman–Crippen LogP) is 3.38. The van der Waals surface area contributed by atoms with Gasteiger partial charge in [0.25, 0.3) is 0 Å². The summed E-state index contributed by atoms with van der Waals surface area (Å²) in [5, 5.41) is 10.6. The van der Waals surface area contributed by atoms with Crippen molar-refractivity contribution in [2.45, 2.75) is 22.6 Å². The summed E-state index contributed by atoms with van der Waals surface area (Å²) in [6.45, 7) is -0.546. The Hall–Kier alpha value is -2.17. The maximum Gasteiger partial charge on any atom is 0.323 e. The summed E-state index contributed by atoms with van der Waals surface area (Å²) >= 11 is 9.04. The van der Waals surface area contributed by atoms with Crippen molar-refractivity contribution < 1.29 is 24.2 Å². The van der Waals surface area contributed by atoms with Crippen LogP contribution in [-0.4, -0.2) is 51.3 Å². The van der Waals surface area contributed by atoms with Crippen LogP contribution in [0.3, 0.4) is 0 Å². The first kappa shape index (κ1) is 21.4. The van der Waals surface area contributed by atoms with E-state index in [9.17, 15) is 19.5 Å². The van der Waals surface area contributed by atoms with Gasteiger partial charge in [-0.05, 0) is 54.1 Å². The van der Waals surface area contributed by atoms with Gasteiger partial charge in [-0.2, -0.15) is 0 Å². The van der Waals surface area contributed by atoms with Crippen LogP contribution in [0.5, 0.6) is 5.75 Å². The lowest BCUT2D eigenvalue weighted by molar-refractivity contribution is -0.149. The smallest absolute Gasteiger partial charge is 0.323 e. The van der Waals surface area contributed by atoms with Gasteiger partial charge in [-0.15, -0.1) is 23.1 Å². The molecule has 33 heavy (non-hydrogen) atoms. The van der Waals surface area contributed by atoms with Gasteiger partial charge in [-0.25, -0.2) is 0 Å². The van der Waals surface area contributed by atoms with Gasteiger partial charge in [0, 0.05) is 23.1 Å². The zero-order valence-corrected chi connectivity index (χ0v) is 20.4. The Kier molecular flexibility index (Phi) is 4.80. The molecule has 3 fully saturated rings. The maximum atomic E-state index is 13.2. The van der Waals surface area contributed by atoms with E-state index >= 15 is 0 Å². The van der Waals surface area contributed by atoms with Gasteiger partial charge in [0.15, 0.2) is 3.95 Å². The topological polar surface area (TPSA) is 88.8 Å². The molecule has 2 saturated carbocycles. The number of carboxylic acid groups (broad SMARTS) is 1.